The summed E-state index contributed by atoms with van der Waals surface area (Å²) in [6, 6.07) is 12.6. The first-order valence-corrected chi connectivity index (χ1v) is 9.39. The van der Waals surface area contributed by atoms with Gasteiger partial charge < -0.3 is 15.5 Å². The molecule has 0 spiro atoms. The third-order valence-corrected chi connectivity index (χ3v) is 4.95. The first kappa shape index (κ1) is 18.0. The normalized spacial score (nSPS) is 17.6. The van der Waals surface area contributed by atoms with E-state index >= 15 is 0 Å². The van der Waals surface area contributed by atoms with Gasteiger partial charge in [-0.25, -0.2) is 4.98 Å². The van der Waals surface area contributed by atoms with E-state index in [9.17, 15) is 0 Å². The van der Waals surface area contributed by atoms with Crippen LogP contribution in [0.15, 0.2) is 52.1 Å². The van der Waals surface area contributed by atoms with Gasteiger partial charge in [-0.1, -0.05) is 33.6 Å². The summed E-state index contributed by atoms with van der Waals surface area (Å²) in [4.78, 5) is 10.8. The second-order valence-corrected chi connectivity index (χ2v) is 7.27. The van der Waals surface area contributed by atoms with E-state index in [0.29, 0.717) is 17.7 Å². The van der Waals surface area contributed by atoms with Crippen molar-refractivity contribution < 1.29 is 0 Å². The molecule has 1 fully saturated rings. The van der Waals surface area contributed by atoms with Gasteiger partial charge >= 0.3 is 0 Å². The fourth-order valence-corrected chi connectivity index (χ4v) is 3.23. The lowest BCUT2D eigenvalue weighted by molar-refractivity contribution is 0.648. The van der Waals surface area contributed by atoms with Crippen molar-refractivity contribution in [3.63, 3.8) is 0 Å². The number of nitrogens with one attached hydrogen (secondary N) is 2. The summed E-state index contributed by atoms with van der Waals surface area (Å²) in [5.74, 6) is 0.803. The van der Waals surface area contributed by atoms with Crippen molar-refractivity contribution in [2.75, 3.05) is 25.0 Å². The Balaban J connectivity index is 1.50. The number of aromatic nitrogens is 1. The molecule has 7 heteroatoms. The van der Waals surface area contributed by atoms with Crippen molar-refractivity contribution in [1.82, 2.24) is 15.6 Å². The van der Waals surface area contributed by atoms with Crippen LogP contribution < -0.4 is 15.5 Å². The van der Waals surface area contributed by atoms with Gasteiger partial charge in [-0.05, 0) is 42.3 Å². The van der Waals surface area contributed by atoms with Crippen LogP contribution >= 0.6 is 27.5 Å². The summed E-state index contributed by atoms with van der Waals surface area (Å²) in [6.07, 6.45) is 2.85. The molecule has 0 bridgehead atoms. The van der Waals surface area contributed by atoms with Gasteiger partial charge in [-0.3, -0.25) is 4.99 Å². The molecule has 25 heavy (non-hydrogen) atoms. The Kier molecular flexibility index (Phi) is 6.15. The van der Waals surface area contributed by atoms with Crippen LogP contribution in [0.3, 0.4) is 0 Å². The molecular weight excluding hydrogens is 402 g/mol. The average molecular weight is 423 g/mol. The maximum absolute atomic E-state index is 5.81. The molecule has 0 amide bonds. The molecular formula is C18H21BrClN5. The van der Waals surface area contributed by atoms with Crippen LogP contribution in [0.5, 0.6) is 0 Å². The van der Waals surface area contributed by atoms with Crippen molar-refractivity contribution >= 4 is 39.2 Å². The minimum Gasteiger partial charge on any atom is -0.369 e. The predicted octanol–water partition coefficient (Wildman–Crippen LogP) is 3.44. The van der Waals surface area contributed by atoms with Crippen LogP contribution in [0.2, 0.25) is 5.15 Å². The molecule has 0 saturated carbocycles. The van der Waals surface area contributed by atoms with Gasteiger partial charge in [0, 0.05) is 49.1 Å². The maximum Gasteiger partial charge on any atom is 0.191 e. The highest BCUT2D eigenvalue weighted by atomic mass is 79.9. The minimum atomic E-state index is 0.373. The van der Waals surface area contributed by atoms with Gasteiger partial charge in [0.1, 0.15) is 5.15 Å². The van der Waals surface area contributed by atoms with Gasteiger partial charge in [0.25, 0.3) is 0 Å². The molecule has 1 aromatic heterocycles. The van der Waals surface area contributed by atoms with Crippen molar-refractivity contribution in [3.05, 3.63) is 57.8 Å². The number of benzene rings is 1. The molecule has 1 atom stereocenters. The molecule has 2 aromatic rings. The Morgan fingerprint density at radius 1 is 1.32 bits per heavy atom. The fraction of sp³-hybridized carbons (Fsp3) is 0.333. The number of rotatable bonds is 4. The van der Waals surface area contributed by atoms with E-state index in [1.807, 2.05) is 6.07 Å². The summed E-state index contributed by atoms with van der Waals surface area (Å²) in [5, 5.41) is 7.33. The Hall–Kier alpha value is -1.79. The van der Waals surface area contributed by atoms with Gasteiger partial charge in [0.2, 0.25) is 0 Å². The quantitative estimate of drug-likeness (QED) is 0.450. The zero-order valence-electron chi connectivity index (χ0n) is 14.0. The maximum atomic E-state index is 5.81. The third-order valence-electron chi connectivity index (χ3n) is 4.19. The highest BCUT2D eigenvalue weighted by molar-refractivity contribution is 9.10. The Labute approximate surface area is 161 Å². The van der Waals surface area contributed by atoms with Gasteiger partial charge in [-0.2, -0.15) is 0 Å². The van der Waals surface area contributed by atoms with Gasteiger partial charge in [-0.15, -0.1) is 0 Å². The Morgan fingerprint density at radius 3 is 2.80 bits per heavy atom. The molecule has 3 rings (SSSR count). The van der Waals surface area contributed by atoms with E-state index in [-0.39, 0.29) is 0 Å². The molecule has 1 aromatic carbocycles. The predicted molar refractivity (Wildman–Crippen MR) is 107 cm³/mol. The number of hydrogen-bond donors (Lipinski definition) is 2. The van der Waals surface area contributed by atoms with E-state index in [0.717, 1.165) is 35.5 Å². The van der Waals surface area contributed by atoms with Crippen molar-refractivity contribution in [2.45, 2.75) is 19.0 Å². The highest BCUT2D eigenvalue weighted by Gasteiger charge is 2.23. The molecule has 0 radical (unpaired) electrons. The topological polar surface area (TPSA) is 52.6 Å². The second kappa shape index (κ2) is 8.54. The van der Waals surface area contributed by atoms with E-state index in [1.165, 1.54) is 5.69 Å². The van der Waals surface area contributed by atoms with E-state index in [4.69, 9.17) is 11.6 Å². The van der Waals surface area contributed by atoms with E-state index in [2.05, 4.69) is 65.7 Å². The zero-order chi connectivity index (χ0) is 17.6. The fourth-order valence-electron chi connectivity index (χ4n) is 2.85. The summed E-state index contributed by atoms with van der Waals surface area (Å²) in [7, 11) is 1.79. The summed E-state index contributed by atoms with van der Waals surface area (Å²) in [5.41, 5.74) is 2.32. The molecule has 1 saturated heterocycles. The highest BCUT2D eigenvalue weighted by Crippen LogP contribution is 2.22. The third kappa shape index (κ3) is 5.09. The second-order valence-electron chi connectivity index (χ2n) is 5.97. The lowest BCUT2D eigenvalue weighted by Crippen LogP contribution is -2.44. The summed E-state index contributed by atoms with van der Waals surface area (Å²) >= 11 is 9.29. The number of nitrogens with zero attached hydrogens (tertiary/aromatic N) is 3. The summed E-state index contributed by atoms with van der Waals surface area (Å²) < 4.78 is 1.10. The lowest BCUT2D eigenvalue weighted by atomic mass is 10.2. The monoisotopic (exact) mass is 421 g/mol. The van der Waals surface area contributed by atoms with Crippen LogP contribution in [-0.4, -0.2) is 37.1 Å². The molecule has 0 aliphatic carbocycles. The number of pyridine rings is 1. The molecule has 1 aliphatic rings. The number of hydrogen-bond acceptors (Lipinski definition) is 3. The Bertz CT molecular complexity index is 717. The van der Waals surface area contributed by atoms with Crippen molar-refractivity contribution in [1.29, 1.82) is 0 Å². The number of anilines is 1. The molecule has 2 N–H and O–H groups in total. The van der Waals surface area contributed by atoms with E-state index < -0.39 is 0 Å². The largest absolute Gasteiger partial charge is 0.369 e. The molecule has 5 nitrogen and oxygen atoms in total. The number of guanidine groups is 1. The molecule has 132 valence electrons. The molecule has 2 heterocycles. The number of aliphatic imine (C=N–C) groups is 1. The number of halogens is 2. The van der Waals surface area contributed by atoms with Crippen LogP contribution in [0, 0.1) is 0 Å². The zero-order valence-corrected chi connectivity index (χ0v) is 16.4. The summed E-state index contributed by atoms with van der Waals surface area (Å²) in [6.45, 7) is 2.66. The standard InChI is InChI=1S/C18H21BrClN5/c1-21-18(23-11-13-2-7-17(20)22-10-13)24-15-8-9-25(12-15)16-5-3-14(19)4-6-16/h2-7,10,15H,8-9,11-12H2,1H3,(H2,21,23,24). The van der Waals surface area contributed by atoms with Crippen LogP contribution in [-0.2, 0) is 6.54 Å². The van der Waals surface area contributed by atoms with Gasteiger partial charge in [0.05, 0.1) is 0 Å². The lowest BCUT2D eigenvalue weighted by Gasteiger charge is -2.20. The average Bonchev–Trinajstić information content (AvgIpc) is 3.09. The van der Waals surface area contributed by atoms with Crippen LogP contribution in [0.1, 0.15) is 12.0 Å². The first-order chi connectivity index (χ1) is 12.1. The van der Waals surface area contributed by atoms with Gasteiger partial charge in [0.15, 0.2) is 5.96 Å². The Morgan fingerprint density at radius 2 is 2.12 bits per heavy atom. The van der Waals surface area contributed by atoms with E-state index in [1.54, 1.807) is 19.3 Å². The molecule has 1 unspecified atom stereocenters. The van der Waals surface area contributed by atoms with Crippen LogP contribution in [0.4, 0.5) is 5.69 Å². The van der Waals surface area contributed by atoms with Crippen molar-refractivity contribution in [3.8, 4) is 0 Å². The minimum absolute atomic E-state index is 0.373. The SMILES string of the molecule is CN=C(NCc1ccc(Cl)nc1)NC1CCN(c2ccc(Br)cc2)C1. The van der Waals surface area contributed by atoms with Crippen LogP contribution in [0.25, 0.3) is 0 Å². The first-order valence-electron chi connectivity index (χ1n) is 8.22. The van der Waals surface area contributed by atoms with Crippen molar-refractivity contribution in [2.24, 2.45) is 4.99 Å². The molecule has 1 aliphatic heterocycles. The smallest absolute Gasteiger partial charge is 0.191 e.